The predicted molar refractivity (Wildman–Crippen MR) is 33.6 cm³/mol. The summed E-state index contributed by atoms with van der Waals surface area (Å²) in [4.78, 5) is 0. The molecule has 0 saturated carbocycles. The summed E-state index contributed by atoms with van der Waals surface area (Å²) in [7, 11) is 0. The lowest BCUT2D eigenvalue weighted by molar-refractivity contribution is -0.163. The Morgan fingerprint density at radius 3 is 2.20 bits per heavy atom. The fourth-order valence-corrected chi connectivity index (χ4v) is 0.785. The molecule has 0 aromatic carbocycles. The quantitative estimate of drug-likeness (QED) is 0.616. The smallest absolute Gasteiger partial charge is 0.225 e. The van der Waals surface area contributed by atoms with Crippen molar-refractivity contribution < 1.29 is 13.2 Å². The van der Waals surface area contributed by atoms with Gasteiger partial charge in [0.15, 0.2) is 0 Å². The van der Waals surface area contributed by atoms with Crippen LogP contribution in [0.5, 0.6) is 0 Å². The van der Waals surface area contributed by atoms with E-state index in [4.69, 9.17) is 0 Å². The molecule has 1 nitrogen and oxygen atoms in total. The number of hydrogen-bond donors (Lipinski definition) is 1. The molecule has 1 atom stereocenters. The number of alkyl halides is 3. The summed E-state index contributed by atoms with van der Waals surface area (Å²) in [6.45, 7) is 3.38. The molecule has 0 radical (unpaired) electrons. The highest BCUT2D eigenvalue weighted by Gasteiger charge is 2.28. The Bertz CT molecular complexity index is 89.5. The number of hydrogen-bond acceptors (Lipinski definition) is 1. The number of halogens is 3. The predicted octanol–water partition coefficient (Wildman–Crippen LogP) is 2.28. The minimum absolute atomic E-state index is 0.468. The van der Waals surface area contributed by atoms with Crippen molar-refractivity contribution in [2.24, 2.45) is 0 Å². The molecule has 0 amide bonds. The molecule has 0 aliphatic carbocycles. The highest BCUT2D eigenvalue weighted by molar-refractivity contribution is 4.60. The molecule has 0 bridgehead atoms. The molecule has 1 unspecified atom stereocenters. The van der Waals surface area contributed by atoms with E-state index < -0.39 is 12.3 Å². The molecule has 0 spiro atoms. The van der Waals surface area contributed by atoms with Crippen molar-refractivity contribution in [1.82, 2.24) is 5.32 Å². The minimum Gasteiger partial charge on any atom is -0.225 e. The molecule has 0 aromatic rings. The van der Waals surface area contributed by atoms with Crippen LogP contribution in [-0.4, -0.2) is 12.3 Å². The van der Waals surface area contributed by atoms with E-state index in [1.165, 1.54) is 12.2 Å². The van der Waals surface area contributed by atoms with Crippen molar-refractivity contribution in [2.45, 2.75) is 39.0 Å². The average molecular weight is 155 g/mol. The molecule has 4 heteroatoms. The van der Waals surface area contributed by atoms with Gasteiger partial charge in [-0.2, -0.15) is 13.2 Å². The SMILES string of the molecule is CCCC(C)NC(F)(F)F. The summed E-state index contributed by atoms with van der Waals surface area (Å²) in [5.74, 6) is 0. The first-order chi connectivity index (χ1) is 4.45. The second kappa shape index (κ2) is 3.81. The van der Waals surface area contributed by atoms with Crippen molar-refractivity contribution in [3.8, 4) is 0 Å². The van der Waals surface area contributed by atoms with Crippen LogP contribution in [-0.2, 0) is 0 Å². The Kier molecular flexibility index (Phi) is 3.71. The van der Waals surface area contributed by atoms with Crippen LogP contribution in [0, 0.1) is 0 Å². The molecule has 0 aliphatic rings. The van der Waals surface area contributed by atoms with Crippen LogP contribution in [0.4, 0.5) is 13.2 Å². The second-order valence-electron chi connectivity index (χ2n) is 2.33. The Balaban J connectivity index is 3.47. The van der Waals surface area contributed by atoms with Gasteiger partial charge < -0.3 is 0 Å². The minimum atomic E-state index is -4.23. The number of rotatable bonds is 3. The van der Waals surface area contributed by atoms with Crippen LogP contribution in [0.1, 0.15) is 26.7 Å². The van der Waals surface area contributed by atoms with E-state index in [2.05, 4.69) is 0 Å². The van der Waals surface area contributed by atoms with Crippen molar-refractivity contribution >= 4 is 0 Å². The molecular formula is C6H12F3N. The van der Waals surface area contributed by atoms with Crippen molar-refractivity contribution in [1.29, 1.82) is 0 Å². The van der Waals surface area contributed by atoms with Crippen LogP contribution >= 0.6 is 0 Å². The van der Waals surface area contributed by atoms with Crippen molar-refractivity contribution in [3.63, 3.8) is 0 Å². The molecule has 0 aliphatic heterocycles. The van der Waals surface area contributed by atoms with Crippen LogP contribution in [0.25, 0.3) is 0 Å². The van der Waals surface area contributed by atoms with Gasteiger partial charge in [0, 0.05) is 6.04 Å². The summed E-state index contributed by atoms with van der Waals surface area (Å²) >= 11 is 0. The zero-order chi connectivity index (χ0) is 8.20. The maximum absolute atomic E-state index is 11.5. The third kappa shape index (κ3) is 5.88. The summed E-state index contributed by atoms with van der Waals surface area (Å²) in [5, 5.41) is 1.52. The monoisotopic (exact) mass is 155 g/mol. The molecule has 0 aromatic heterocycles. The first-order valence-electron chi connectivity index (χ1n) is 3.30. The van der Waals surface area contributed by atoms with E-state index >= 15 is 0 Å². The highest BCUT2D eigenvalue weighted by Crippen LogP contribution is 2.12. The first kappa shape index (κ1) is 9.75. The van der Waals surface area contributed by atoms with Crippen LogP contribution in [0.15, 0.2) is 0 Å². The van der Waals surface area contributed by atoms with Gasteiger partial charge in [-0.25, -0.2) is 5.32 Å². The van der Waals surface area contributed by atoms with E-state index in [-0.39, 0.29) is 0 Å². The van der Waals surface area contributed by atoms with E-state index in [0.29, 0.717) is 6.42 Å². The standard InChI is InChI=1S/C6H12F3N/c1-3-4-5(2)10-6(7,8)9/h5,10H,3-4H2,1-2H3. The largest absolute Gasteiger partial charge is 0.457 e. The topological polar surface area (TPSA) is 12.0 Å². The molecule has 0 heterocycles. The third-order valence-electron chi connectivity index (χ3n) is 1.13. The first-order valence-corrected chi connectivity index (χ1v) is 3.30. The lowest BCUT2D eigenvalue weighted by atomic mass is 10.2. The lowest BCUT2D eigenvalue weighted by Gasteiger charge is -2.14. The highest BCUT2D eigenvalue weighted by atomic mass is 19.4. The van der Waals surface area contributed by atoms with Gasteiger partial charge in [0.25, 0.3) is 0 Å². The van der Waals surface area contributed by atoms with Gasteiger partial charge in [0.1, 0.15) is 0 Å². The Morgan fingerprint density at radius 1 is 1.40 bits per heavy atom. The van der Waals surface area contributed by atoms with Crippen molar-refractivity contribution in [3.05, 3.63) is 0 Å². The van der Waals surface area contributed by atoms with E-state index in [1.807, 2.05) is 6.92 Å². The van der Waals surface area contributed by atoms with Gasteiger partial charge in [0.05, 0.1) is 0 Å². The van der Waals surface area contributed by atoms with Gasteiger partial charge in [-0.05, 0) is 13.3 Å². The normalized spacial score (nSPS) is 15.3. The van der Waals surface area contributed by atoms with Crippen molar-refractivity contribution in [2.75, 3.05) is 0 Å². The maximum Gasteiger partial charge on any atom is 0.457 e. The number of nitrogens with one attached hydrogen (secondary N) is 1. The molecule has 0 saturated heterocycles. The Morgan fingerprint density at radius 2 is 1.90 bits per heavy atom. The van der Waals surface area contributed by atoms with Gasteiger partial charge in [0.2, 0.25) is 0 Å². The van der Waals surface area contributed by atoms with Gasteiger partial charge in [-0.15, -0.1) is 0 Å². The molecule has 0 rings (SSSR count). The van der Waals surface area contributed by atoms with E-state index in [0.717, 1.165) is 6.42 Å². The average Bonchev–Trinajstić information content (AvgIpc) is 1.59. The fraction of sp³-hybridized carbons (Fsp3) is 1.00. The second-order valence-corrected chi connectivity index (χ2v) is 2.33. The zero-order valence-electron chi connectivity index (χ0n) is 6.13. The van der Waals surface area contributed by atoms with Crippen LogP contribution in [0.3, 0.4) is 0 Å². The molecular weight excluding hydrogens is 143 g/mol. The summed E-state index contributed by atoms with van der Waals surface area (Å²) in [5.41, 5.74) is 0. The van der Waals surface area contributed by atoms with Crippen LogP contribution < -0.4 is 5.32 Å². The zero-order valence-corrected chi connectivity index (χ0v) is 6.13. The third-order valence-corrected chi connectivity index (χ3v) is 1.13. The van der Waals surface area contributed by atoms with Gasteiger partial charge in [-0.1, -0.05) is 13.3 Å². The summed E-state index contributed by atoms with van der Waals surface area (Å²) < 4.78 is 34.6. The van der Waals surface area contributed by atoms with Crippen LogP contribution in [0.2, 0.25) is 0 Å². The Hall–Kier alpha value is -0.250. The molecule has 62 valence electrons. The lowest BCUT2D eigenvalue weighted by Crippen LogP contribution is -2.38. The summed E-state index contributed by atoms with van der Waals surface area (Å²) in [6.07, 6.45) is -2.90. The Labute approximate surface area is 58.6 Å². The molecule has 1 N–H and O–H groups in total. The fourth-order valence-electron chi connectivity index (χ4n) is 0.785. The van der Waals surface area contributed by atoms with E-state index in [1.54, 1.807) is 0 Å². The van der Waals surface area contributed by atoms with Gasteiger partial charge >= 0.3 is 6.30 Å². The van der Waals surface area contributed by atoms with E-state index in [9.17, 15) is 13.2 Å². The van der Waals surface area contributed by atoms with Gasteiger partial charge in [-0.3, -0.25) is 0 Å². The summed E-state index contributed by atoms with van der Waals surface area (Å²) in [6, 6.07) is -0.468. The molecule has 10 heavy (non-hydrogen) atoms. The maximum atomic E-state index is 11.5. The molecule has 0 fully saturated rings.